The van der Waals surface area contributed by atoms with E-state index in [1.165, 1.54) is 34.1 Å². The average molecular weight is 875 g/mol. The minimum absolute atomic E-state index is 0.00317. The maximum absolute atomic E-state index is 13.2. The zero-order chi connectivity index (χ0) is 44.5. The van der Waals surface area contributed by atoms with E-state index in [9.17, 15) is 37.1 Å². The SMILES string of the molecule is NC(=O)c1nn(-c2ccc(COCCOCCOCCNc3cccc4c3C(=O)N(C3CCC(=O)NC3=O)C4)cc2)cc1NC(=O)c1coc(-c2ccnc(NCC(F)(F)F)c2)n1. The topological polar surface area (TPSA) is 247 Å². The normalized spacial score (nSPS) is 15.0. The second-order valence-electron chi connectivity index (χ2n) is 14.2. The monoisotopic (exact) mass is 874 g/mol. The van der Waals surface area contributed by atoms with Crippen LogP contribution >= 0.6 is 0 Å². The van der Waals surface area contributed by atoms with E-state index in [1.54, 1.807) is 30.3 Å². The summed E-state index contributed by atoms with van der Waals surface area (Å²) in [5, 5.41) is 14.5. The first-order valence-electron chi connectivity index (χ1n) is 19.6. The lowest BCUT2D eigenvalue weighted by Crippen LogP contribution is -2.52. The molecule has 1 saturated heterocycles. The number of carbonyl (C=O) groups excluding carboxylic acids is 5. The zero-order valence-electron chi connectivity index (χ0n) is 33.4. The number of halogens is 3. The van der Waals surface area contributed by atoms with Crippen LogP contribution in [0.5, 0.6) is 0 Å². The Hall–Kier alpha value is -7.17. The number of nitrogens with one attached hydrogen (secondary N) is 4. The first kappa shape index (κ1) is 43.9. The van der Waals surface area contributed by atoms with Crippen molar-refractivity contribution < 1.29 is 55.8 Å². The minimum atomic E-state index is -4.45. The van der Waals surface area contributed by atoms with Crippen LogP contribution < -0.4 is 27.0 Å². The lowest BCUT2D eigenvalue weighted by molar-refractivity contribution is -0.137. The summed E-state index contributed by atoms with van der Waals surface area (Å²) in [6.45, 7) is 1.46. The van der Waals surface area contributed by atoms with Crippen LogP contribution in [-0.4, -0.2) is 113 Å². The van der Waals surface area contributed by atoms with Crippen molar-refractivity contribution in [3.63, 3.8) is 0 Å². The van der Waals surface area contributed by atoms with Gasteiger partial charge >= 0.3 is 6.18 Å². The molecule has 63 heavy (non-hydrogen) atoms. The van der Waals surface area contributed by atoms with Crippen LogP contribution in [0.4, 0.5) is 30.4 Å². The lowest BCUT2D eigenvalue weighted by Gasteiger charge is -2.29. The number of fused-ring (bicyclic) bond motifs is 1. The molecule has 6 N–H and O–H groups in total. The van der Waals surface area contributed by atoms with Crippen LogP contribution in [0.1, 0.15) is 55.3 Å². The molecule has 1 fully saturated rings. The second-order valence-corrected chi connectivity index (χ2v) is 14.2. The molecule has 22 heteroatoms. The Morgan fingerprint density at radius 2 is 1.71 bits per heavy atom. The van der Waals surface area contributed by atoms with Gasteiger partial charge in [-0.05, 0) is 47.9 Å². The van der Waals surface area contributed by atoms with Crippen molar-refractivity contribution in [3.05, 3.63) is 101 Å². The van der Waals surface area contributed by atoms with E-state index >= 15 is 0 Å². The van der Waals surface area contributed by atoms with Crippen molar-refractivity contribution in [1.29, 1.82) is 0 Å². The summed E-state index contributed by atoms with van der Waals surface area (Å²) in [7, 11) is 0. The molecule has 3 aromatic heterocycles. The summed E-state index contributed by atoms with van der Waals surface area (Å²) in [4.78, 5) is 71.9. The van der Waals surface area contributed by atoms with Crippen molar-refractivity contribution in [3.8, 4) is 17.1 Å². The van der Waals surface area contributed by atoms with Crippen molar-refractivity contribution >= 4 is 46.7 Å². The number of nitrogens with zero attached hydrogens (tertiary/aromatic N) is 5. The van der Waals surface area contributed by atoms with Crippen LogP contribution in [0.15, 0.2) is 77.7 Å². The van der Waals surface area contributed by atoms with E-state index in [0.717, 1.165) is 17.4 Å². The van der Waals surface area contributed by atoms with Crippen LogP contribution in [-0.2, 0) is 37.0 Å². The number of pyridine rings is 1. The van der Waals surface area contributed by atoms with Crippen molar-refractivity contribution in [2.45, 2.75) is 38.2 Å². The lowest BCUT2D eigenvalue weighted by atomic mass is 10.0. The van der Waals surface area contributed by atoms with Gasteiger partial charge in [-0.15, -0.1) is 0 Å². The van der Waals surface area contributed by atoms with Crippen LogP contribution in [0.2, 0.25) is 0 Å². The molecule has 2 aliphatic heterocycles. The molecule has 0 bridgehead atoms. The van der Waals surface area contributed by atoms with Gasteiger partial charge in [0.05, 0.1) is 62.8 Å². The number of anilines is 3. The Bertz CT molecular complexity index is 2470. The zero-order valence-corrected chi connectivity index (χ0v) is 33.4. The number of amides is 5. The van der Waals surface area contributed by atoms with Gasteiger partial charge in [-0.25, -0.2) is 14.6 Å². The number of hydrogen-bond donors (Lipinski definition) is 5. The fraction of sp³-hybridized carbons (Fsp3) is 0.317. The number of oxazole rings is 1. The third-order valence-electron chi connectivity index (χ3n) is 9.74. The first-order valence-corrected chi connectivity index (χ1v) is 19.6. The fourth-order valence-electron chi connectivity index (χ4n) is 6.72. The number of rotatable bonds is 20. The quantitative estimate of drug-likeness (QED) is 0.0554. The summed E-state index contributed by atoms with van der Waals surface area (Å²) >= 11 is 0. The highest BCUT2D eigenvalue weighted by molar-refractivity contribution is 6.08. The molecule has 7 rings (SSSR count). The van der Waals surface area contributed by atoms with Gasteiger partial charge in [0, 0.05) is 37.0 Å². The number of aromatic nitrogens is 4. The van der Waals surface area contributed by atoms with Gasteiger partial charge in [0.15, 0.2) is 11.4 Å². The molecule has 2 aromatic carbocycles. The molecule has 1 unspecified atom stereocenters. The molecule has 0 radical (unpaired) electrons. The fourth-order valence-corrected chi connectivity index (χ4v) is 6.72. The minimum Gasteiger partial charge on any atom is -0.444 e. The predicted octanol–water partition coefficient (Wildman–Crippen LogP) is 3.67. The molecule has 0 saturated carbocycles. The summed E-state index contributed by atoms with van der Waals surface area (Å²) in [6, 6.07) is 14.6. The van der Waals surface area contributed by atoms with E-state index in [0.29, 0.717) is 76.1 Å². The van der Waals surface area contributed by atoms with Gasteiger partial charge in [0.1, 0.15) is 24.7 Å². The van der Waals surface area contributed by atoms with E-state index in [-0.39, 0.29) is 52.6 Å². The summed E-state index contributed by atoms with van der Waals surface area (Å²) in [5.74, 6) is -2.81. The molecule has 330 valence electrons. The number of imide groups is 1. The highest BCUT2D eigenvalue weighted by atomic mass is 19.4. The largest absolute Gasteiger partial charge is 0.444 e. The number of ether oxygens (including phenoxy) is 3. The Morgan fingerprint density at radius 1 is 0.952 bits per heavy atom. The predicted molar refractivity (Wildman–Crippen MR) is 217 cm³/mol. The van der Waals surface area contributed by atoms with Crippen molar-refractivity contribution in [2.75, 3.05) is 62.1 Å². The van der Waals surface area contributed by atoms with E-state index < -0.39 is 36.5 Å². The number of piperidine rings is 1. The van der Waals surface area contributed by atoms with Crippen LogP contribution in [0.3, 0.4) is 0 Å². The molecule has 19 nitrogen and oxygen atoms in total. The highest BCUT2D eigenvalue weighted by Gasteiger charge is 2.40. The second kappa shape index (κ2) is 19.7. The van der Waals surface area contributed by atoms with E-state index in [1.807, 2.05) is 12.1 Å². The van der Waals surface area contributed by atoms with Crippen LogP contribution in [0, 0.1) is 0 Å². The third-order valence-corrected chi connectivity index (χ3v) is 9.74. The number of carbonyl (C=O) groups is 5. The van der Waals surface area contributed by atoms with E-state index in [2.05, 4.69) is 36.3 Å². The van der Waals surface area contributed by atoms with Crippen LogP contribution in [0.25, 0.3) is 17.1 Å². The average Bonchev–Trinajstić information content (AvgIpc) is 4.01. The smallest absolute Gasteiger partial charge is 0.405 e. The Kier molecular flexibility index (Phi) is 13.7. The van der Waals surface area contributed by atoms with Gasteiger partial charge in [-0.3, -0.25) is 29.3 Å². The number of primary amides is 1. The summed E-state index contributed by atoms with van der Waals surface area (Å²) < 4.78 is 61.5. The van der Waals surface area contributed by atoms with E-state index in [4.69, 9.17) is 24.4 Å². The van der Waals surface area contributed by atoms with Gasteiger partial charge in [-0.2, -0.15) is 18.3 Å². The molecule has 5 aromatic rings. The Morgan fingerprint density at radius 3 is 2.46 bits per heavy atom. The van der Waals surface area contributed by atoms with Gasteiger partial charge in [0.25, 0.3) is 17.7 Å². The number of benzene rings is 2. The molecule has 1 atom stereocenters. The number of nitrogens with two attached hydrogens (primary N) is 1. The highest BCUT2D eigenvalue weighted by Crippen LogP contribution is 2.32. The standard InChI is InChI=1S/C41H41F3N10O9/c42-41(43,44)23-48-32-18-25(10-11-47-32)39-50-30(22-63-39)37(57)49-29-20-54(52-35(29)36(45)56)27-6-4-24(5-7-27)21-62-17-16-61-15-14-60-13-12-46-28-3-1-2-26-19-53(40(59)34(26)28)31-8-9-33(55)51-38(31)58/h1-7,10-11,18,20,22,31,46H,8-9,12-17,19,21,23H2,(H2,45,56)(H,47,48)(H,49,57)(H,51,55,58). The Balaban J connectivity index is 0.797. The molecule has 5 amide bonds. The molecule has 5 heterocycles. The number of hydrogen-bond acceptors (Lipinski definition) is 14. The van der Waals surface area contributed by atoms with Crippen molar-refractivity contribution in [2.24, 2.45) is 5.73 Å². The van der Waals surface area contributed by atoms with Gasteiger partial charge in [0.2, 0.25) is 17.7 Å². The summed E-state index contributed by atoms with van der Waals surface area (Å²) in [6.07, 6.45) is -0.243. The van der Waals surface area contributed by atoms with Gasteiger partial charge in [-0.1, -0.05) is 24.3 Å². The maximum Gasteiger partial charge on any atom is 0.405 e. The summed E-state index contributed by atoms with van der Waals surface area (Å²) in [5.41, 5.74) is 8.79. The Labute approximate surface area is 356 Å². The van der Waals surface area contributed by atoms with Crippen molar-refractivity contribution in [1.82, 2.24) is 30.0 Å². The molecular formula is C41H41F3N10O9. The molecule has 0 spiro atoms. The molecule has 0 aliphatic carbocycles. The third kappa shape index (κ3) is 11.2. The number of alkyl halides is 3. The maximum atomic E-state index is 13.2. The first-order chi connectivity index (χ1) is 30.3. The molecular weight excluding hydrogens is 834 g/mol. The molecule has 2 aliphatic rings. The van der Waals surface area contributed by atoms with Gasteiger partial charge < -0.3 is 45.2 Å².